The van der Waals surface area contributed by atoms with Crippen molar-refractivity contribution >= 4 is 33.4 Å². The van der Waals surface area contributed by atoms with E-state index in [1.165, 1.54) is 18.2 Å². The van der Waals surface area contributed by atoms with Gasteiger partial charge < -0.3 is 20.5 Å². The van der Waals surface area contributed by atoms with E-state index in [9.17, 15) is 18.3 Å². The van der Waals surface area contributed by atoms with Crippen molar-refractivity contribution in [1.82, 2.24) is 9.97 Å². The molecule has 0 aliphatic heterocycles. The van der Waals surface area contributed by atoms with E-state index in [1.54, 1.807) is 12.1 Å². The first-order valence-electron chi connectivity index (χ1n) is 10.6. The molecular weight excluding hydrogens is 513 g/mol. The van der Waals surface area contributed by atoms with E-state index in [2.05, 4.69) is 41.3 Å². The third-order valence-corrected chi connectivity index (χ3v) is 5.61. The lowest BCUT2D eigenvalue weighted by Gasteiger charge is -2.21. The van der Waals surface area contributed by atoms with Gasteiger partial charge in [0.15, 0.2) is 0 Å². The molecule has 3 N–H and O–H groups in total. The highest BCUT2D eigenvalue weighted by molar-refractivity contribution is 9.10. The summed E-state index contributed by atoms with van der Waals surface area (Å²) in [5.74, 6) is 0.432. The van der Waals surface area contributed by atoms with Crippen LogP contribution < -0.4 is 15.4 Å². The van der Waals surface area contributed by atoms with E-state index in [0.29, 0.717) is 17.1 Å². The molecule has 182 valence electrons. The predicted molar refractivity (Wildman–Crippen MR) is 130 cm³/mol. The molecule has 0 spiro atoms. The largest absolute Gasteiger partial charge is 0.573 e. The van der Waals surface area contributed by atoms with Crippen molar-refractivity contribution in [2.45, 2.75) is 40.1 Å². The second kappa shape index (κ2) is 10.6. The average Bonchev–Trinajstić information content (AvgIpc) is 2.73. The summed E-state index contributed by atoms with van der Waals surface area (Å²) in [6.07, 6.45) is -4.80. The van der Waals surface area contributed by atoms with Crippen molar-refractivity contribution in [2.75, 3.05) is 17.2 Å². The molecule has 10 heteroatoms. The van der Waals surface area contributed by atoms with Crippen molar-refractivity contribution in [3.8, 4) is 17.0 Å². The molecule has 3 aromatic rings. The van der Waals surface area contributed by atoms with E-state index in [1.807, 2.05) is 39.8 Å². The lowest BCUT2D eigenvalue weighted by Crippen LogP contribution is -2.30. The first kappa shape index (κ1) is 25.8. The molecule has 1 aromatic heterocycles. The first-order chi connectivity index (χ1) is 15.9. The highest BCUT2D eigenvalue weighted by atomic mass is 79.9. The molecule has 0 saturated heterocycles. The monoisotopic (exact) mass is 538 g/mol. The minimum Gasteiger partial charge on any atom is -0.406 e. The highest BCUT2D eigenvalue weighted by Crippen LogP contribution is 2.31. The van der Waals surface area contributed by atoms with Crippen LogP contribution in [-0.4, -0.2) is 34.1 Å². The van der Waals surface area contributed by atoms with Crippen molar-refractivity contribution < 1.29 is 23.0 Å². The van der Waals surface area contributed by atoms with Crippen molar-refractivity contribution in [1.29, 1.82) is 0 Å². The fourth-order valence-electron chi connectivity index (χ4n) is 3.40. The molecule has 0 unspecified atom stereocenters. The average molecular weight is 539 g/mol. The zero-order valence-corrected chi connectivity index (χ0v) is 20.8. The van der Waals surface area contributed by atoms with Gasteiger partial charge in [-0.05, 0) is 55.2 Å². The molecule has 1 atom stereocenters. The summed E-state index contributed by atoms with van der Waals surface area (Å²) in [4.78, 5) is 9.04. The Morgan fingerprint density at radius 1 is 1.06 bits per heavy atom. The third kappa shape index (κ3) is 6.83. The molecule has 0 aliphatic carbocycles. The van der Waals surface area contributed by atoms with Crippen LogP contribution in [0, 0.1) is 19.8 Å². The Labute approximate surface area is 204 Å². The van der Waals surface area contributed by atoms with Crippen LogP contribution in [-0.2, 0) is 0 Å². The van der Waals surface area contributed by atoms with Gasteiger partial charge in [-0.1, -0.05) is 41.9 Å². The van der Waals surface area contributed by atoms with Crippen LogP contribution in [0.3, 0.4) is 0 Å². The molecule has 34 heavy (non-hydrogen) atoms. The summed E-state index contributed by atoms with van der Waals surface area (Å²) in [7, 11) is 0. The number of alkyl halides is 3. The van der Waals surface area contributed by atoms with Crippen molar-refractivity contribution in [3.05, 3.63) is 58.1 Å². The lowest BCUT2D eigenvalue weighted by molar-refractivity contribution is -0.274. The van der Waals surface area contributed by atoms with E-state index < -0.39 is 6.36 Å². The highest BCUT2D eigenvalue weighted by Gasteiger charge is 2.31. The number of aliphatic hydroxyl groups is 1. The topological polar surface area (TPSA) is 79.3 Å². The SMILES string of the molecule is Cc1cc(Br)cc(C)c1Nc1cc(-c2cccc(OC(F)(F)F)c2)nc(N[C@@H](CO)C(C)C)n1. The zero-order valence-electron chi connectivity index (χ0n) is 19.2. The first-order valence-corrected chi connectivity index (χ1v) is 11.4. The number of rotatable bonds is 8. The summed E-state index contributed by atoms with van der Waals surface area (Å²) in [6, 6.07) is 10.9. The Hall–Kier alpha value is -2.85. The number of aryl methyl sites for hydroxylation is 2. The maximum Gasteiger partial charge on any atom is 0.573 e. The van der Waals surface area contributed by atoms with Crippen LogP contribution in [0.5, 0.6) is 5.75 Å². The lowest BCUT2D eigenvalue weighted by atomic mass is 10.1. The maximum atomic E-state index is 12.7. The summed E-state index contributed by atoms with van der Waals surface area (Å²) < 4.78 is 43.2. The Bertz CT molecular complexity index is 1130. The minimum atomic E-state index is -4.80. The number of aliphatic hydroxyl groups excluding tert-OH is 1. The summed E-state index contributed by atoms with van der Waals surface area (Å²) in [5, 5.41) is 16.2. The van der Waals surface area contributed by atoms with Crippen LogP contribution >= 0.6 is 15.9 Å². The fourth-order valence-corrected chi connectivity index (χ4v) is 4.09. The van der Waals surface area contributed by atoms with Crippen LogP contribution in [0.15, 0.2) is 46.9 Å². The van der Waals surface area contributed by atoms with Crippen LogP contribution in [0.1, 0.15) is 25.0 Å². The molecular formula is C24H26BrF3N4O2. The predicted octanol–water partition coefficient (Wildman–Crippen LogP) is 6.59. The summed E-state index contributed by atoms with van der Waals surface area (Å²) >= 11 is 3.48. The number of hydrogen-bond donors (Lipinski definition) is 3. The minimum absolute atomic E-state index is 0.0909. The maximum absolute atomic E-state index is 12.7. The quantitative estimate of drug-likeness (QED) is 0.300. The Morgan fingerprint density at radius 2 is 1.74 bits per heavy atom. The fraction of sp³-hybridized carbons (Fsp3) is 0.333. The normalized spacial score (nSPS) is 12.5. The molecule has 0 radical (unpaired) electrons. The van der Waals surface area contributed by atoms with Gasteiger partial charge in [0.25, 0.3) is 0 Å². The van der Waals surface area contributed by atoms with Gasteiger partial charge in [-0.25, -0.2) is 4.98 Å². The second-order valence-electron chi connectivity index (χ2n) is 8.25. The molecule has 0 fully saturated rings. The number of nitrogens with zero attached hydrogens (tertiary/aromatic N) is 2. The standard InChI is InChI=1S/C24H26BrF3N4O2/c1-13(2)20(12-33)30-23-29-19(16-6-5-7-18(10-16)34-24(26,27)28)11-21(32-23)31-22-14(3)8-17(25)9-15(22)4/h5-11,13,20,33H,12H2,1-4H3,(H2,29,30,31,32)/t20-/m0/s1. The molecule has 0 amide bonds. The van der Waals surface area contributed by atoms with Crippen LogP contribution in [0.4, 0.5) is 30.6 Å². The number of hydrogen-bond acceptors (Lipinski definition) is 6. The number of nitrogens with one attached hydrogen (secondary N) is 2. The van der Waals surface area contributed by atoms with E-state index in [0.717, 1.165) is 21.3 Å². The third-order valence-electron chi connectivity index (χ3n) is 5.16. The molecule has 2 aromatic carbocycles. The molecule has 0 aliphatic rings. The van der Waals surface area contributed by atoms with Gasteiger partial charge in [-0.15, -0.1) is 13.2 Å². The van der Waals surface area contributed by atoms with Gasteiger partial charge >= 0.3 is 6.36 Å². The number of halogens is 4. The summed E-state index contributed by atoms with van der Waals surface area (Å²) in [6.45, 7) is 7.68. The van der Waals surface area contributed by atoms with E-state index in [-0.39, 0.29) is 30.3 Å². The summed E-state index contributed by atoms with van der Waals surface area (Å²) in [5.41, 5.74) is 3.63. The van der Waals surface area contributed by atoms with Gasteiger partial charge in [0, 0.05) is 21.8 Å². The molecule has 6 nitrogen and oxygen atoms in total. The zero-order chi connectivity index (χ0) is 25.0. The number of benzene rings is 2. The Balaban J connectivity index is 2.06. The molecule has 3 rings (SSSR count). The smallest absolute Gasteiger partial charge is 0.406 e. The van der Waals surface area contributed by atoms with Crippen molar-refractivity contribution in [3.63, 3.8) is 0 Å². The van der Waals surface area contributed by atoms with Gasteiger partial charge in [0.1, 0.15) is 11.6 Å². The van der Waals surface area contributed by atoms with Gasteiger partial charge in [0.05, 0.1) is 18.3 Å². The van der Waals surface area contributed by atoms with Crippen LogP contribution in [0.25, 0.3) is 11.3 Å². The van der Waals surface area contributed by atoms with Crippen LogP contribution in [0.2, 0.25) is 0 Å². The van der Waals surface area contributed by atoms with Gasteiger partial charge in [-0.2, -0.15) is 4.98 Å². The van der Waals surface area contributed by atoms with Gasteiger partial charge in [0.2, 0.25) is 5.95 Å². The van der Waals surface area contributed by atoms with Gasteiger partial charge in [-0.3, -0.25) is 0 Å². The Kier molecular flexibility index (Phi) is 8.04. The molecule has 0 saturated carbocycles. The van der Waals surface area contributed by atoms with E-state index >= 15 is 0 Å². The number of aromatic nitrogens is 2. The molecule has 1 heterocycles. The number of anilines is 3. The second-order valence-corrected chi connectivity index (χ2v) is 9.17. The number of ether oxygens (including phenoxy) is 1. The Morgan fingerprint density at radius 3 is 2.32 bits per heavy atom. The van der Waals surface area contributed by atoms with E-state index in [4.69, 9.17) is 0 Å². The van der Waals surface area contributed by atoms with Crippen molar-refractivity contribution in [2.24, 2.45) is 5.92 Å². The molecule has 0 bridgehead atoms.